The van der Waals surface area contributed by atoms with Crippen LogP contribution in [0.3, 0.4) is 0 Å². The predicted octanol–water partition coefficient (Wildman–Crippen LogP) is 2.38. The molecule has 1 aliphatic heterocycles. The standard InChI is InChI=1S/C20H30N2O5S/c1-16(23)22-13-11-17(12-14-22)7-5-6-10-19(20(24)25)21-28(26,27)15-18-8-3-2-4-9-18/h2-4,8-9,17,19,21H,5-7,10-15H2,1H3,(H,24,25)/t19-/m1/s1. The minimum absolute atomic E-state index is 0.116. The Labute approximate surface area is 167 Å². The van der Waals surface area contributed by atoms with Gasteiger partial charge in [-0.1, -0.05) is 49.6 Å². The van der Waals surface area contributed by atoms with Crippen molar-refractivity contribution in [3.63, 3.8) is 0 Å². The topological polar surface area (TPSA) is 104 Å². The molecular weight excluding hydrogens is 380 g/mol. The van der Waals surface area contributed by atoms with Gasteiger partial charge in [-0.2, -0.15) is 0 Å². The van der Waals surface area contributed by atoms with Crippen LogP contribution in [-0.4, -0.2) is 49.4 Å². The first-order chi connectivity index (χ1) is 13.3. The van der Waals surface area contributed by atoms with Gasteiger partial charge >= 0.3 is 5.97 Å². The summed E-state index contributed by atoms with van der Waals surface area (Å²) in [6.45, 7) is 3.17. The average Bonchev–Trinajstić information content (AvgIpc) is 2.64. The van der Waals surface area contributed by atoms with Crippen molar-refractivity contribution < 1.29 is 23.1 Å². The van der Waals surface area contributed by atoms with Crippen molar-refractivity contribution in [1.29, 1.82) is 0 Å². The average molecular weight is 411 g/mol. The number of carbonyl (C=O) groups excluding carboxylic acids is 1. The second kappa shape index (κ2) is 10.6. The van der Waals surface area contributed by atoms with E-state index in [2.05, 4.69) is 4.72 Å². The molecule has 1 aromatic rings. The zero-order valence-electron chi connectivity index (χ0n) is 16.3. The number of nitrogens with one attached hydrogen (secondary N) is 1. The van der Waals surface area contributed by atoms with Crippen LogP contribution in [0.15, 0.2) is 30.3 Å². The smallest absolute Gasteiger partial charge is 0.321 e. The quantitative estimate of drug-likeness (QED) is 0.577. The van der Waals surface area contributed by atoms with Crippen molar-refractivity contribution in [3.05, 3.63) is 35.9 Å². The normalized spacial score (nSPS) is 16.7. The van der Waals surface area contributed by atoms with E-state index in [0.29, 0.717) is 17.9 Å². The molecule has 0 radical (unpaired) electrons. The van der Waals surface area contributed by atoms with Crippen LogP contribution < -0.4 is 4.72 Å². The molecule has 156 valence electrons. The van der Waals surface area contributed by atoms with E-state index < -0.39 is 22.0 Å². The van der Waals surface area contributed by atoms with E-state index in [1.165, 1.54) is 0 Å². The third-order valence-corrected chi connectivity index (χ3v) is 6.59. The first kappa shape index (κ1) is 22.4. The molecule has 0 unspecified atom stereocenters. The van der Waals surface area contributed by atoms with Gasteiger partial charge in [-0.25, -0.2) is 13.1 Å². The lowest BCUT2D eigenvalue weighted by atomic mass is 9.91. The number of amides is 1. The molecule has 0 aliphatic carbocycles. The molecule has 0 bridgehead atoms. The summed E-state index contributed by atoms with van der Waals surface area (Å²) in [5.41, 5.74) is 0.621. The van der Waals surface area contributed by atoms with E-state index in [1.54, 1.807) is 37.3 Å². The number of hydrogen-bond acceptors (Lipinski definition) is 4. The van der Waals surface area contributed by atoms with Gasteiger partial charge in [0, 0.05) is 20.0 Å². The summed E-state index contributed by atoms with van der Waals surface area (Å²) in [7, 11) is -3.72. The summed E-state index contributed by atoms with van der Waals surface area (Å²) in [5, 5.41) is 9.37. The molecule has 2 N–H and O–H groups in total. The molecule has 28 heavy (non-hydrogen) atoms. The van der Waals surface area contributed by atoms with Gasteiger partial charge in [0.2, 0.25) is 15.9 Å². The maximum atomic E-state index is 12.3. The lowest BCUT2D eigenvalue weighted by molar-refractivity contribution is -0.139. The van der Waals surface area contributed by atoms with Crippen LogP contribution >= 0.6 is 0 Å². The van der Waals surface area contributed by atoms with E-state index in [9.17, 15) is 23.1 Å². The van der Waals surface area contributed by atoms with Gasteiger partial charge < -0.3 is 10.0 Å². The number of carboxylic acid groups (broad SMARTS) is 1. The predicted molar refractivity (Wildman–Crippen MR) is 107 cm³/mol. The van der Waals surface area contributed by atoms with Crippen molar-refractivity contribution in [3.8, 4) is 0 Å². The highest BCUT2D eigenvalue weighted by Crippen LogP contribution is 2.23. The van der Waals surface area contributed by atoms with Gasteiger partial charge in [0.05, 0.1) is 5.75 Å². The van der Waals surface area contributed by atoms with E-state index in [1.807, 2.05) is 4.90 Å². The number of likely N-dealkylation sites (tertiary alicyclic amines) is 1. The van der Waals surface area contributed by atoms with Gasteiger partial charge in [-0.15, -0.1) is 0 Å². The molecule has 2 rings (SSSR count). The molecule has 1 heterocycles. The monoisotopic (exact) mass is 410 g/mol. The highest BCUT2D eigenvalue weighted by atomic mass is 32.2. The number of sulfonamides is 1. The maximum Gasteiger partial charge on any atom is 0.321 e. The van der Waals surface area contributed by atoms with Gasteiger partial charge in [0.1, 0.15) is 6.04 Å². The molecular formula is C20H30N2O5S. The molecule has 1 aliphatic rings. The number of aliphatic carboxylic acids is 1. The molecule has 0 saturated carbocycles. The van der Waals surface area contributed by atoms with Crippen molar-refractivity contribution in [1.82, 2.24) is 9.62 Å². The van der Waals surface area contributed by atoms with Gasteiger partial charge in [-0.05, 0) is 30.7 Å². The molecule has 8 heteroatoms. The zero-order chi connectivity index (χ0) is 20.6. The van der Waals surface area contributed by atoms with Crippen LogP contribution in [0.2, 0.25) is 0 Å². The molecule has 1 atom stereocenters. The fourth-order valence-corrected chi connectivity index (χ4v) is 4.97. The van der Waals surface area contributed by atoms with E-state index in [4.69, 9.17) is 0 Å². The van der Waals surface area contributed by atoms with E-state index in [0.717, 1.165) is 38.8 Å². The molecule has 1 saturated heterocycles. The fourth-order valence-electron chi connectivity index (χ4n) is 3.60. The van der Waals surface area contributed by atoms with Gasteiger partial charge in [-0.3, -0.25) is 9.59 Å². The number of carbonyl (C=O) groups is 2. The van der Waals surface area contributed by atoms with Crippen molar-refractivity contribution in [2.24, 2.45) is 5.92 Å². The fraction of sp³-hybridized carbons (Fsp3) is 0.600. The number of benzene rings is 1. The Morgan fingerprint density at radius 2 is 1.82 bits per heavy atom. The number of unbranched alkanes of at least 4 members (excludes halogenated alkanes) is 1. The lowest BCUT2D eigenvalue weighted by Gasteiger charge is -2.31. The molecule has 1 amide bonds. The summed E-state index contributed by atoms with van der Waals surface area (Å²) in [5.74, 6) is -0.711. The Bertz CT molecular complexity index is 743. The van der Waals surface area contributed by atoms with Crippen LogP contribution in [-0.2, 0) is 25.4 Å². The van der Waals surface area contributed by atoms with Crippen molar-refractivity contribution >= 4 is 21.9 Å². The second-order valence-corrected chi connectivity index (χ2v) is 9.24. The van der Waals surface area contributed by atoms with Crippen LogP contribution in [0.5, 0.6) is 0 Å². The van der Waals surface area contributed by atoms with Gasteiger partial charge in [0.15, 0.2) is 0 Å². The van der Waals surface area contributed by atoms with Crippen LogP contribution in [0.25, 0.3) is 0 Å². The second-order valence-electron chi connectivity index (χ2n) is 7.49. The third kappa shape index (κ3) is 7.59. The Kier molecular flexibility index (Phi) is 8.44. The number of hydrogen-bond donors (Lipinski definition) is 2. The number of piperidine rings is 1. The van der Waals surface area contributed by atoms with E-state index in [-0.39, 0.29) is 18.1 Å². The van der Waals surface area contributed by atoms with Crippen LogP contribution in [0, 0.1) is 5.92 Å². The van der Waals surface area contributed by atoms with E-state index >= 15 is 0 Å². The Morgan fingerprint density at radius 1 is 1.18 bits per heavy atom. The summed E-state index contributed by atoms with van der Waals surface area (Å²) in [4.78, 5) is 24.7. The largest absolute Gasteiger partial charge is 0.480 e. The van der Waals surface area contributed by atoms with Gasteiger partial charge in [0.25, 0.3) is 0 Å². The first-order valence-corrected chi connectivity index (χ1v) is 11.4. The Hall–Kier alpha value is -1.93. The molecule has 7 nitrogen and oxygen atoms in total. The summed E-state index contributed by atoms with van der Waals surface area (Å²) >= 11 is 0. The Balaban J connectivity index is 1.74. The molecule has 0 aromatic heterocycles. The van der Waals surface area contributed by atoms with Crippen molar-refractivity contribution in [2.75, 3.05) is 13.1 Å². The number of carboxylic acids is 1. The SMILES string of the molecule is CC(=O)N1CCC(CCCC[C@@H](NS(=O)(=O)Cc2ccccc2)C(=O)O)CC1. The third-order valence-electron chi connectivity index (χ3n) is 5.23. The minimum atomic E-state index is -3.72. The summed E-state index contributed by atoms with van der Waals surface area (Å²) in [6.07, 6.45) is 4.72. The summed E-state index contributed by atoms with van der Waals surface area (Å²) in [6, 6.07) is 7.60. The van der Waals surface area contributed by atoms with Crippen molar-refractivity contribution in [2.45, 2.75) is 57.2 Å². The highest BCUT2D eigenvalue weighted by Gasteiger charge is 2.24. The molecule has 1 aromatic carbocycles. The maximum absolute atomic E-state index is 12.3. The number of nitrogens with zero attached hydrogens (tertiary/aromatic N) is 1. The Morgan fingerprint density at radius 3 is 2.39 bits per heavy atom. The van der Waals surface area contributed by atoms with Crippen LogP contribution in [0.4, 0.5) is 0 Å². The summed E-state index contributed by atoms with van der Waals surface area (Å²) < 4.78 is 26.9. The highest BCUT2D eigenvalue weighted by molar-refractivity contribution is 7.88. The van der Waals surface area contributed by atoms with Crippen LogP contribution in [0.1, 0.15) is 51.0 Å². The zero-order valence-corrected chi connectivity index (χ0v) is 17.2. The lowest BCUT2D eigenvalue weighted by Crippen LogP contribution is -2.41. The number of rotatable bonds is 10. The molecule has 1 fully saturated rings. The minimum Gasteiger partial charge on any atom is -0.480 e. The molecule has 0 spiro atoms. The first-order valence-electron chi connectivity index (χ1n) is 9.79.